The van der Waals surface area contributed by atoms with E-state index in [-0.39, 0.29) is 48.8 Å². The van der Waals surface area contributed by atoms with Gasteiger partial charge in [0.25, 0.3) is 5.91 Å². The van der Waals surface area contributed by atoms with Crippen molar-refractivity contribution in [1.82, 2.24) is 20.4 Å². The molecule has 1 aromatic carbocycles. The van der Waals surface area contributed by atoms with Crippen LogP contribution in [0.5, 0.6) is 5.75 Å². The number of carbonyl (C=O) groups excluding carboxylic acids is 4. The van der Waals surface area contributed by atoms with E-state index in [2.05, 4.69) is 10.6 Å². The summed E-state index contributed by atoms with van der Waals surface area (Å²) in [5.41, 5.74) is 0.254. The van der Waals surface area contributed by atoms with Crippen molar-refractivity contribution in [1.29, 1.82) is 0 Å². The Labute approximate surface area is 218 Å². The Bertz CT molecular complexity index is 960. The van der Waals surface area contributed by atoms with Crippen molar-refractivity contribution in [2.45, 2.75) is 58.5 Å². The minimum absolute atomic E-state index is 0.0709. The highest BCUT2D eigenvalue weighted by Crippen LogP contribution is 2.21. The number of hydrogen-bond acceptors (Lipinski definition) is 6. The lowest BCUT2D eigenvalue weighted by atomic mass is 9.97. The number of likely N-dealkylation sites (N-methyl/N-ethyl adjacent to an activating group) is 1. The van der Waals surface area contributed by atoms with Crippen LogP contribution < -0.4 is 15.4 Å². The summed E-state index contributed by atoms with van der Waals surface area (Å²) in [6.07, 6.45) is 1.47. The highest BCUT2D eigenvalue weighted by molar-refractivity contribution is 6.01. The number of nitrogens with one attached hydrogen (secondary N) is 2. The normalized spacial score (nSPS) is 22.6. The predicted octanol–water partition coefficient (Wildman–Crippen LogP) is 1.18. The molecule has 1 fully saturated rings. The number of likely N-dealkylation sites (tertiary alicyclic amines) is 1. The maximum atomic E-state index is 13.5. The lowest BCUT2D eigenvalue weighted by molar-refractivity contribution is -0.139. The third-order valence-electron chi connectivity index (χ3n) is 6.96. The van der Waals surface area contributed by atoms with E-state index in [0.717, 1.165) is 0 Å². The van der Waals surface area contributed by atoms with E-state index in [9.17, 15) is 24.3 Å². The zero-order chi connectivity index (χ0) is 26.9. The Morgan fingerprint density at radius 1 is 1.11 bits per heavy atom. The minimum atomic E-state index is -1.11. The molecule has 0 saturated carbocycles. The molecule has 3 rings (SSSR count). The Hall–Kier alpha value is -3.14. The summed E-state index contributed by atoms with van der Waals surface area (Å²) >= 11 is 0. The van der Waals surface area contributed by atoms with Crippen molar-refractivity contribution in [3.05, 3.63) is 29.8 Å². The summed E-state index contributed by atoms with van der Waals surface area (Å²) < 4.78 is 5.90. The molecule has 0 radical (unpaired) electrons. The number of hydrogen-bond donors (Lipinski definition) is 3. The molecule has 10 nitrogen and oxygen atoms in total. The standard InChI is InChI=1S/C27H40N4O6/c1-4-30-13-14-37-23-8-6-5-7-20(23)25(34)29-22(27(36)31-11-9-19(17-32)10-12-31)16-24(33)28-21(26(30)35)15-18(2)3/h5-8,18-19,21-22,32H,4,9-17H2,1-3H3,(H,28,33)(H,29,34)/t21-,22-/m0/s1. The van der Waals surface area contributed by atoms with E-state index in [1.807, 2.05) is 20.8 Å². The molecule has 2 aliphatic heterocycles. The number of nitrogens with zero attached hydrogens (tertiary/aromatic N) is 2. The summed E-state index contributed by atoms with van der Waals surface area (Å²) in [6.45, 7) is 7.70. The van der Waals surface area contributed by atoms with E-state index in [4.69, 9.17) is 4.74 Å². The molecule has 1 aromatic rings. The first-order chi connectivity index (χ1) is 17.7. The molecule has 0 unspecified atom stereocenters. The third-order valence-corrected chi connectivity index (χ3v) is 6.96. The minimum Gasteiger partial charge on any atom is -0.491 e. The van der Waals surface area contributed by atoms with E-state index in [1.165, 1.54) is 0 Å². The van der Waals surface area contributed by atoms with Crippen LogP contribution in [0.4, 0.5) is 0 Å². The molecular formula is C27H40N4O6. The van der Waals surface area contributed by atoms with Gasteiger partial charge in [-0.25, -0.2) is 0 Å². The summed E-state index contributed by atoms with van der Waals surface area (Å²) in [6, 6.07) is 4.88. The van der Waals surface area contributed by atoms with Crippen molar-refractivity contribution in [2.24, 2.45) is 11.8 Å². The van der Waals surface area contributed by atoms with E-state index >= 15 is 0 Å². The second-order valence-corrected chi connectivity index (χ2v) is 10.2. The van der Waals surface area contributed by atoms with Gasteiger partial charge in [0.1, 0.15) is 24.4 Å². The van der Waals surface area contributed by atoms with Crippen molar-refractivity contribution in [3.8, 4) is 5.75 Å². The van der Waals surface area contributed by atoms with Crippen molar-refractivity contribution >= 4 is 23.6 Å². The number of fused-ring (bicyclic) bond motifs is 1. The van der Waals surface area contributed by atoms with E-state index in [0.29, 0.717) is 51.2 Å². The fraction of sp³-hybridized carbons (Fsp3) is 0.630. The van der Waals surface area contributed by atoms with Crippen LogP contribution >= 0.6 is 0 Å². The Morgan fingerprint density at radius 2 is 1.81 bits per heavy atom. The largest absolute Gasteiger partial charge is 0.491 e. The van der Waals surface area contributed by atoms with Crippen LogP contribution in [-0.4, -0.2) is 90.0 Å². The van der Waals surface area contributed by atoms with Crippen LogP contribution in [0.2, 0.25) is 0 Å². The molecule has 4 amide bonds. The topological polar surface area (TPSA) is 128 Å². The maximum Gasteiger partial charge on any atom is 0.255 e. The molecule has 0 aromatic heterocycles. The summed E-state index contributed by atoms with van der Waals surface area (Å²) in [5, 5.41) is 15.0. The molecule has 10 heteroatoms. The zero-order valence-corrected chi connectivity index (χ0v) is 22.1. The van der Waals surface area contributed by atoms with Gasteiger partial charge < -0.3 is 30.3 Å². The van der Waals surface area contributed by atoms with Gasteiger partial charge >= 0.3 is 0 Å². The van der Waals surface area contributed by atoms with E-state index in [1.54, 1.807) is 34.1 Å². The second-order valence-electron chi connectivity index (χ2n) is 10.2. The highest BCUT2D eigenvalue weighted by atomic mass is 16.5. The Kier molecular flexibility index (Phi) is 10.3. The SMILES string of the molecule is CCN1CCOc2ccccc2C(=O)N[C@H](C(=O)N2CCC(CO)CC2)CC(=O)N[C@@H](CC(C)C)C1=O. The molecule has 0 aliphatic carbocycles. The summed E-state index contributed by atoms with van der Waals surface area (Å²) in [4.78, 5) is 56.5. The average molecular weight is 517 g/mol. The van der Waals surface area contributed by atoms with Crippen LogP contribution in [0.15, 0.2) is 24.3 Å². The number of aliphatic hydroxyl groups excluding tert-OH is 1. The zero-order valence-electron chi connectivity index (χ0n) is 22.1. The number of rotatable bonds is 5. The molecule has 37 heavy (non-hydrogen) atoms. The van der Waals surface area contributed by atoms with Crippen LogP contribution in [-0.2, 0) is 14.4 Å². The fourth-order valence-electron chi connectivity index (χ4n) is 4.81. The quantitative estimate of drug-likeness (QED) is 0.539. The first-order valence-corrected chi connectivity index (χ1v) is 13.2. The van der Waals surface area contributed by atoms with E-state index < -0.39 is 23.9 Å². The van der Waals surface area contributed by atoms with Gasteiger partial charge in [-0.15, -0.1) is 0 Å². The molecule has 204 valence electrons. The molecule has 2 aliphatic rings. The van der Waals surface area contributed by atoms with Crippen LogP contribution in [0.1, 0.15) is 56.8 Å². The Morgan fingerprint density at radius 3 is 2.46 bits per heavy atom. The Balaban J connectivity index is 1.91. The fourth-order valence-corrected chi connectivity index (χ4v) is 4.81. The van der Waals surface area contributed by atoms with Gasteiger partial charge in [0, 0.05) is 26.2 Å². The van der Waals surface area contributed by atoms with Gasteiger partial charge in [-0.05, 0) is 50.2 Å². The summed E-state index contributed by atoms with van der Waals surface area (Å²) in [7, 11) is 0. The number of benzene rings is 1. The highest BCUT2D eigenvalue weighted by Gasteiger charge is 2.33. The number of ether oxygens (including phenoxy) is 1. The monoisotopic (exact) mass is 516 g/mol. The smallest absolute Gasteiger partial charge is 0.255 e. The first kappa shape index (κ1) is 28.4. The van der Waals surface area contributed by atoms with Crippen LogP contribution in [0, 0.1) is 11.8 Å². The van der Waals surface area contributed by atoms with Crippen LogP contribution in [0.25, 0.3) is 0 Å². The molecule has 0 bridgehead atoms. The number of aliphatic hydroxyl groups is 1. The number of amides is 4. The number of carbonyl (C=O) groups is 4. The molecule has 2 atom stereocenters. The van der Waals surface area contributed by atoms with Gasteiger partial charge in [0.05, 0.1) is 18.5 Å². The van der Waals surface area contributed by atoms with Gasteiger partial charge in [-0.2, -0.15) is 0 Å². The molecule has 3 N–H and O–H groups in total. The van der Waals surface area contributed by atoms with Crippen LogP contribution in [0.3, 0.4) is 0 Å². The van der Waals surface area contributed by atoms with Crippen molar-refractivity contribution < 1.29 is 29.0 Å². The van der Waals surface area contributed by atoms with Gasteiger partial charge in [-0.1, -0.05) is 26.0 Å². The molecule has 0 spiro atoms. The molecule has 2 heterocycles. The predicted molar refractivity (Wildman–Crippen MR) is 138 cm³/mol. The van der Waals surface area contributed by atoms with Gasteiger partial charge in [0.15, 0.2) is 0 Å². The first-order valence-electron chi connectivity index (χ1n) is 13.2. The third kappa shape index (κ3) is 7.67. The van der Waals surface area contributed by atoms with Gasteiger partial charge in [-0.3, -0.25) is 19.2 Å². The molecule has 1 saturated heterocycles. The van der Waals surface area contributed by atoms with Crippen molar-refractivity contribution in [3.63, 3.8) is 0 Å². The second kappa shape index (κ2) is 13.4. The number of piperidine rings is 1. The van der Waals surface area contributed by atoms with Gasteiger partial charge in [0.2, 0.25) is 17.7 Å². The summed E-state index contributed by atoms with van der Waals surface area (Å²) in [5.74, 6) is -0.895. The maximum absolute atomic E-state index is 13.5. The molecular weight excluding hydrogens is 476 g/mol. The lowest BCUT2D eigenvalue weighted by Gasteiger charge is -2.34. The van der Waals surface area contributed by atoms with Crippen molar-refractivity contribution in [2.75, 3.05) is 39.4 Å². The number of para-hydroxylation sites is 1. The lowest BCUT2D eigenvalue weighted by Crippen LogP contribution is -2.55. The average Bonchev–Trinajstić information content (AvgIpc) is 2.89.